The standard InChI is InChI=1S/C11H19N3O2S2/c1-9(17-2)7-8-13-18(15,16)11-6-4-3-5-10(11)14-12/h3-6,9,13-14H,7-8,12H2,1-2H3. The van der Waals surface area contributed by atoms with Crippen LogP contribution in [0.3, 0.4) is 0 Å². The minimum absolute atomic E-state index is 0.171. The Morgan fingerprint density at radius 1 is 1.39 bits per heavy atom. The zero-order valence-corrected chi connectivity index (χ0v) is 12.1. The summed E-state index contributed by atoms with van der Waals surface area (Å²) in [5.41, 5.74) is 2.78. The highest BCUT2D eigenvalue weighted by Gasteiger charge is 2.17. The Morgan fingerprint density at radius 2 is 2.06 bits per heavy atom. The van der Waals surface area contributed by atoms with Crippen molar-refractivity contribution < 1.29 is 8.42 Å². The second kappa shape index (κ2) is 6.98. The fourth-order valence-corrected chi connectivity index (χ4v) is 2.98. The predicted octanol–water partition coefficient (Wildman–Crippen LogP) is 1.39. The third kappa shape index (κ3) is 4.16. The minimum atomic E-state index is -3.51. The maximum absolute atomic E-state index is 12.1. The molecule has 5 nitrogen and oxygen atoms in total. The Hall–Kier alpha value is -0.760. The fraction of sp³-hybridized carbons (Fsp3) is 0.455. The lowest BCUT2D eigenvalue weighted by Crippen LogP contribution is -2.27. The molecular formula is C11H19N3O2S2. The highest BCUT2D eigenvalue weighted by atomic mass is 32.2. The lowest BCUT2D eigenvalue weighted by Gasteiger charge is -2.12. The molecule has 0 saturated heterocycles. The third-order valence-corrected chi connectivity index (χ3v) is 5.14. The van der Waals surface area contributed by atoms with Gasteiger partial charge < -0.3 is 5.43 Å². The lowest BCUT2D eigenvalue weighted by molar-refractivity contribution is 0.579. The van der Waals surface area contributed by atoms with Crippen LogP contribution in [0.25, 0.3) is 0 Å². The van der Waals surface area contributed by atoms with E-state index in [2.05, 4.69) is 17.1 Å². The zero-order chi connectivity index (χ0) is 13.6. The summed E-state index contributed by atoms with van der Waals surface area (Å²) >= 11 is 1.71. The Morgan fingerprint density at radius 3 is 2.67 bits per heavy atom. The van der Waals surface area contributed by atoms with Crippen LogP contribution in [0.5, 0.6) is 0 Å². The van der Waals surface area contributed by atoms with Crippen molar-refractivity contribution in [2.24, 2.45) is 5.84 Å². The maximum Gasteiger partial charge on any atom is 0.242 e. The number of nitrogens with one attached hydrogen (secondary N) is 2. The average molecular weight is 289 g/mol. The van der Waals surface area contributed by atoms with Gasteiger partial charge in [0.05, 0.1) is 5.69 Å². The Labute approximate surface area is 113 Å². The zero-order valence-electron chi connectivity index (χ0n) is 10.5. The van der Waals surface area contributed by atoms with E-state index in [0.29, 0.717) is 17.5 Å². The molecule has 0 saturated carbocycles. The Bertz CT molecular complexity index is 477. The molecule has 0 spiro atoms. The molecule has 0 amide bonds. The van der Waals surface area contributed by atoms with Gasteiger partial charge in [-0.3, -0.25) is 5.84 Å². The van der Waals surface area contributed by atoms with Crippen molar-refractivity contribution in [3.05, 3.63) is 24.3 Å². The summed E-state index contributed by atoms with van der Waals surface area (Å²) in [6, 6.07) is 6.54. The molecule has 0 aliphatic heterocycles. The topological polar surface area (TPSA) is 84.2 Å². The van der Waals surface area contributed by atoms with Crippen LogP contribution in [0, 0.1) is 0 Å². The third-order valence-electron chi connectivity index (χ3n) is 2.58. The predicted molar refractivity (Wildman–Crippen MR) is 77.0 cm³/mol. The summed E-state index contributed by atoms with van der Waals surface area (Å²) in [6.07, 6.45) is 2.80. The van der Waals surface area contributed by atoms with E-state index in [4.69, 9.17) is 5.84 Å². The molecule has 4 N–H and O–H groups in total. The first kappa shape index (κ1) is 15.3. The summed E-state index contributed by atoms with van der Waals surface area (Å²) in [4.78, 5) is 0.171. The molecule has 18 heavy (non-hydrogen) atoms. The van der Waals surface area contributed by atoms with Crippen molar-refractivity contribution >= 4 is 27.5 Å². The number of hydrazine groups is 1. The SMILES string of the molecule is CSC(C)CCNS(=O)(=O)c1ccccc1NN. The molecule has 0 aliphatic rings. The molecule has 0 fully saturated rings. The number of anilines is 1. The minimum Gasteiger partial charge on any atom is -0.323 e. The number of hydrogen-bond acceptors (Lipinski definition) is 5. The first-order valence-electron chi connectivity index (χ1n) is 5.59. The number of sulfonamides is 1. The molecule has 1 rings (SSSR count). The molecule has 0 heterocycles. The molecule has 0 aromatic heterocycles. The number of benzene rings is 1. The quantitative estimate of drug-likeness (QED) is 0.522. The fourth-order valence-electron chi connectivity index (χ4n) is 1.41. The van der Waals surface area contributed by atoms with Gasteiger partial charge in [0.2, 0.25) is 10.0 Å². The number of nitrogens with two attached hydrogens (primary N) is 1. The summed E-state index contributed by atoms with van der Waals surface area (Å²) in [5, 5.41) is 0.426. The molecule has 102 valence electrons. The van der Waals surface area contributed by atoms with Crippen molar-refractivity contribution in [1.29, 1.82) is 0 Å². The number of thioether (sulfide) groups is 1. The molecule has 0 aliphatic carbocycles. The van der Waals surface area contributed by atoms with E-state index in [1.165, 1.54) is 6.07 Å². The van der Waals surface area contributed by atoms with Crippen molar-refractivity contribution in [2.45, 2.75) is 23.5 Å². The number of para-hydroxylation sites is 1. The normalized spacial score (nSPS) is 13.3. The molecule has 0 radical (unpaired) electrons. The van der Waals surface area contributed by atoms with Gasteiger partial charge >= 0.3 is 0 Å². The van der Waals surface area contributed by atoms with Gasteiger partial charge in [-0.05, 0) is 24.8 Å². The number of rotatable bonds is 7. The highest BCUT2D eigenvalue weighted by molar-refractivity contribution is 7.99. The molecule has 7 heteroatoms. The molecule has 0 bridgehead atoms. The largest absolute Gasteiger partial charge is 0.323 e. The van der Waals surface area contributed by atoms with Crippen LogP contribution in [0.15, 0.2) is 29.2 Å². The van der Waals surface area contributed by atoms with Gasteiger partial charge in [-0.1, -0.05) is 19.1 Å². The second-order valence-electron chi connectivity index (χ2n) is 3.87. The number of hydrogen-bond donors (Lipinski definition) is 3. The smallest absolute Gasteiger partial charge is 0.242 e. The van der Waals surface area contributed by atoms with E-state index < -0.39 is 10.0 Å². The Kier molecular flexibility index (Phi) is 5.94. The van der Waals surface area contributed by atoms with E-state index in [-0.39, 0.29) is 4.90 Å². The van der Waals surface area contributed by atoms with Gasteiger partial charge in [-0.15, -0.1) is 0 Å². The second-order valence-corrected chi connectivity index (χ2v) is 6.88. The van der Waals surface area contributed by atoms with Crippen molar-refractivity contribution in [1.82, 2.24) is 4.72 Å². The number of nitrogen functional groups attached to an aromatic ring is 1. The van der Waals surface area contributed by atoms with E-state index >= 15 is 0 Å². The lowest BCUT2D eigenvalue weighted by atomic mass is 10.3. The monoisotopic (exact) mass is 289 g/mol. The van der Waals surface area contributed by atoms with Gasteiger partial charge in [-0.2, -0.15) is 11.8 Å². The first-order valence-corrected chi connectivity index (χ1v) is 8.36. The summed E-state index contributed by atoms with van der Waals surface area (Å²) < 4.78 is 26.7. The van der Waals surface area contributed by atoms with Gasteiger partial charge in [0.15, 0.2) is 0 Å². The van der Waals surface area contributed by atoms with Crippen molar-refractivity contribution in [3.63, 3.8) is 0 Å². The van der Waals surface area contributed by atoms with E-state index in [0.717, 1.165) is 6.42 Å². The van der Waals surface area contributed by atoms with Crippen LogP contribution in [0.1, 0.15) is 13.3 Å². The molecule has 1 unspecified atom stereocenters. The van der Waals surface area contributed by atoms with Crippen LogP contribution in [0.4, 0.5) is 5.69 Å². The molecule has 1 aromatic carbocycles. The Balaban J connectivity index is 2.74. The van der Waals surface area contributed by atoms with Crippen LogP contribution < -0.4 is 16.0 Å². The highest BCUT2D eigenvalue weighted by Crippen LogP contribution is 2.19. The van der Waals surface area contributed by atoms with Crippen LogP contribution >= 0.6 is 11.8 Å². The van der Waals surface area contributed by atoms with E-state index in [9.17, 15) is 8.42 Å². The van der Waals surface area contributed by atoms with Crippen LogP contribution in [0.2, 0.25) is 0 Å². The summed E-state index contributed by atoms with van der Waals surface area (Å²) in [5.74, 6) is 5.30. The van der Waals surface area contributed by atoms with E-state index in [1.54, 1.807) is 30.0 Å². The first-order chi connectivity index (χ1) is 8.51. The van der Waals surface area contributed by atoms with Crippen LogP contribution in [-0.4, -0.2) is 26.5 Å². The van der Waals surface area contributed by atoms with Gasteiger partial charge in [0.25, 0.3) is 0 Å². The van der Waals surface area contributed by atoms with Gasteiger partial charge in [0.1, 0.15) is 4.90 Å². The average Bonchev–Trinajstić information content (AvgIpc) is 2.38. The molecular weight excluding hydrogens is 270 g/mol. The van der Waals surface area contributed by atoms with E-state index in [1.807, 2.05) is 6.26 Å². The molecule has 1 aromatic rings. The van der Waals surface area contributed by atoms with Crippen LogP contribution in [-0.2, 0) is 10.0 Å². The summed E-state index contributed by atoms with van der Waals surface area (Å²) in [7, 11) is -3.51. The van der Waals surface area contributed by atoms with Crippen molar-refractivity contribution in [2.75, 3.05) is 18.2 Å². The maximum atomic E-state index is 12.1. The van der Waals surface area contributed by atoms with Gasteiger partial charge in [0, 0.05) is 11.8 Å². The summed E-state index contributed by atoms with van der Waals surface area (Å²) in [6.45, 7) is 2.48. The van der Waals surface area contributed by atoms with Gasteiger partial charge in [-0.25, -0.2) is 13.1 Å². The van der Waals surface area contributed by atoms with Crippen molar-refractivity contribution in [3.8, 4) is 0 Å². The molecule has 1 atom stereocenters.